The van der Waals surface area contributed by atoms with Crippen molar-refractivity contribution in [3.05, 3.63) is 17.2 Å². The van der Waals surface area contributed by atoms with Crippen LogP contribution in [-0.4, -0.2) is 24.5 Å². The van der Waals surface area contributed by atoms with Gasteiger partial charge in [0.15, 0.2) is 6.61 Å². The van der Waals surface area contributed by atoms with Crippen molar-refractivity contribution in [3.63, 3.8) is 0 Å². The quantitative estimate of drug-likeness (QED) is 0.778. The van der Waals surface area contributed by atoms with Gasteiger partial charge >= 0.3 is 0 Å². The Hall–Kier alpha value is -1.79. The average Bonchev–Trinajstić information content (AvgIpc) is 2.37. The van der Waals surface area contributed by atoms with Gasteiger partial charge in [-0.3, -0.25) is 9.59 Å². The van der Waals surface area contributed by atoms with E-state index in [1.807, 2.05) is 20.8 Å². The maximum atomic E-state index is 12.1. The first-order chi connectivity index (χ1) is 9.68. The number of nitrogens with one attached hydrogen (secondary N) is 2. The predicted molar refractivity (Wildman–Crippen MR) is 81.6 cm³/mol. The molecule has 21 heavy (non-hydrogen) atoms. The number of benzene rings is 1. The summed E-state index contributed by atoms with van der Waals surface area (Å²) in [6, 6.07) is 2.43. The average molecular weight is 312 g/mol. The molecule has 7 heteroatoms. The van der Waals surface area contributed by atoms with Crippen molar-refractivity contribution in [2.24, 2.45) is 11.1 Å². The van der Waals surface area contributed by atoms with Gasteiger partial charge in [0, 0.05) is 6.07 Å². The maximum Gasteiger partial charge on any atom is 0.262 e. The molecule has 0 radical (unpaired) electrons. The molecule has 2 amide bonds. The van der Waals surface area contributed by atoms with Gasteiger partial charge in [-0.2, -0.15) is 0 Å². The highest BCUT2D eigenvalue weighted by Crippen LogP contribution is 2.36. The second kappa shape index (κ2) is 5.54. The standard InChI is InChI=1S/C14H18ClN3O3/c1-14(2,3)12(16)13(20)18-8-5-10-9(4-7(8)15)17-11(19)6-21-10/h4-5,12H,6,16H2,1-3H3,(H,17,19)(H,18,20)/t12-/m0/s1. The molecule has 1 heterocycles. The van der Waals surface area contributed by atoms with Crippen molar-refractivity contribution >= 4 is 34.8 Å². The highest BCUT2D eigenvalue weighted by atomic mass is 35.5. The highest BCUT2D eigenvalue weighted by molar-refractivity contribution is 6.34. The Morgan fingerprint density at radius 3 is 2.76 bits per heavy atom. The molecule has 1 aliphatic rings. The first-order valence-electron chi connectivity index (χ1n) is 6.51. The van der Waals surface area contributed by atoms with Crippen molar-refractivity contribution in [3.8, 4) is 5.75 Å². The van der Waals surface area contributed by atoms with Crippen LogP contribution in [0.5, 0.6) is 5.75 Å². The van der Waals surface area contributed by atoms with Crippen LogP contribution in [0.1, 0.15) is 20.8 Å². The molecule has 0 aromatic heterocycles. The number of nitrogens with two attached hydrogens (primary N) is 1. The van der Waals surface area contributed by atoms with Crippen LogP contribution in [0.15, 0.2) is 12.1 Å². The number of ether oxygens (including phenoxy) is 1. The number of hydrogen-bond acceptors (Lipinski definition) is 4. The van der Waals surface area contributed by atoms with E-state index >= 15 is 0 Å². The number of carbonyl (C=O) groups is 2. The number of rotatable bonds is 2. The number of hydrogen-bond donors (Lipinski definition) is 3. The second-order valence-corrected chi connectivity index (χ2v) is 6.41. The zero-order chi connectivity index (χ0) is 15.8. The summed E-state index contributed by atoms with van der Waals surface area (Å²) in [7, 11) is 0. The number of amides is 2. The van der Waals surface area contributed by atoms with E-state index in [1.165, 1.54) is 6.07 Å². The third-order valence-corrected chi connectivity index (χ3v) is 3.49. The van der Waals surface area contributed by atoms with E-state index in [0.29, 0.717) is 22.1 Å². The lowest BCUT2D eigenvalue weighted by molar-refractivity contribution is -0.120. The Morgan fingerprint density at radius 2 is 2.14 bits per heavy atom. The highest BCUT2D eigenvalue weighted by Gasteiger charge is 2.28. The molecule has 0 bridgehead atoms. The van der Waals surface area contributed by atoms with Gasteiger partial charge < -0.3 is 21.1 Å². The fourth-order valence-electron chi connectivity index (χ4n) is 1.80. The fourth-order valence-corrected chi connectivity index (χ4v) is 2.01. The molecule has 4 N–H and O–H groups in total. The van der Waals surface area contributed by atoms with Crippen LogP contribution in [0.4, 0.5) is 11.4 Å². The molecule has 0 saturated carbocycles. The topological polar surface area (TPSA) is 93.5 Å². The van der Waals surface area contributed by atoms with Gasteiger partial charge in [0.1, 0.15) is 5.75 Å². The van der Waals surface area contributed by atoms with Gasteiger partial charge in [-0.05, 0) is 11.5 Å². The van der Waals surface area contributed by atoms with Crippen LogP contribution in [0.25, 0.3) is 0 Å². The minimum atomic E-state index is -0.676. The van der Waals surface area contributed by atoms with E-state index in [4.69, 9.17) is 22.1 Å². The lowest BCUT2D eigenvalue weighted by Crippen LogP contribution is -2.45. The first-order valence-corrected chi connectivity index (χ1v) is 6.89. The molecule has 6 nitrogen and oxygen atoms in total. The summed E-state index contributed by atoms with van der Waals surface area (Å²) < 4.78 is 5.29. The molecular weight excluding hydrogens is 294 g/mol. The minimum Gasteiger partial charge on any atom is -0.482 e. The summed E-state index contributed by atoms with van der Waals surface area (Å²) in [4.78, 5) is 23.4. The zero-order valence-electron chi connectivity index (χ0n) is 12.1. The van der Waals surface area contributed by atoms with E-state index in [0.717, 1.165) is 0 Å². The largest absolute Gasteiger partial charge is 0.482 e. The number of carbonyl (C=O) groups excluding carboxylic acids is 2. The number of anilines is 2. The molecule has 114 valence electrons. The van der Waals surface area contributed by atoms with E-state index in [1.54, 1.807) is 6.07 Å². The smallest absolute Gasteiger partial charge is 0.262 e. The zero-order valence-corrected chi connectivity index (χ0v) is 12.9. The van der Waals surface area contributed by atoms with Crippen LogP contribution >= 0.6 is 11.6 Å². The summed E-state index contributed by atoms with van der Waals surface area (Å²) in [6.07, 6.45) is 0. The van der Waals surface area contributed by atoms with Crippen LogP contribution in [0.2, 0.25) is 5.02 Å². The third kappa shape index (κ3) is 3.46. The Balaban J connectivity index is 2.22. The molecule has 0 aliphatic carbocycles. The van der Waals surface area contributed by atoms with E-state index in [-0.39, 0.29) is 23.8 Å². The van der Waals surface area contributed by atoms with Crippen LogP contribution in [0, 0.1) is 5.41 Å². The van der Waals surface area contributed by atoms with Crippen LogP contribution in [0.3, 0.4) is 0 Å². The summed E-state index contributed by atoms with van der Waals surface area (Å²) in [5, 5.41) is 5.63. The van der Waals surface area contributed by atoms with Crippen molar-refractivity contribution in [1.29, 1.82) is 0 Å². The molecular formula is C14H18ClN3O3. The third-order valence-electron chi connectivity index (χ3n) is 3.18. The minimum absolute atomic E-state index is 0.0659. The molecule has 1 atom stereocenters. The first kappa shape index (κ1) is 15.6. The van der Waals surface area contributed by atoms with Crippen molar-refractivity contribution in [2.75, 3.05) is 17.2 Å². The number of fused-ring (bicyclic) bond motifs is 1. The Kier molecular flexibility index (Phi) is 4.11. The van der Waals surface area contributed by atoms with Crippen LogP contribution < -0.4 is 21.1 Å². The molecule has 1 aromatic rings. The molecule has 0 spiro atoms. The van der Waals surface area contributed by atoms with Crippen molar-refractivity contribution in [2.45, 2.75) is 26.8 Å². The lowest BCUT2D eigenvalue weighted by atomic mass is 9.87. The Labute approximate surface area is 128 Å². The molecule has 0 fully saturated rings. The maximum absolute atomic E-state index is 12.1. The monoisotopic (exact) mass is 311 g/mol. The summed E-state index contributed by atoms with van der Waals surface area (Å²) in [5.74, 6) is -0.118. The lowest BCUT2D eigenvalue weighted by Gasteiger charge is -2.26. The predicted octanol–water partition coefficient (Wildman–Crippen LogP) is 1.98. The molecule has 0 unspecified atom stereocenters. The van der Waals surface area contributed by atoms with Gasteiger partial charge in [0.25, 0.3) is 5.91 Å². The normalized spacial score (nSPS) is 15.6. The van der Waals surface area contributed by atoms with Gasteiger partial charge in [-0.1, -0.05) is 32.4 Å². The molecule has 0 saturated heterocycles. The second-order valence-electron chi connectivity index (χ2n) is 6.00. The van der Waals surface area contributed by atoms with Gasteiger partial charge in [-0.15, -0.1) is 0 Å². The van der Waals surface area contributed by atoms with Crippen LogP contribution in [-0.2, 0) is 9.59 Å². The SMILES string of the molecule is CC(C)(C)[C@@H](N)C(=O)Nc1cc2c(cc1Cl)NC(=O)CO2. The molecule has 1 aliphatic heterocycles. The summed E-state index contributed by atoms with van der Waals surface area (Å²) >= 11 is 6.11. The van der Waals surface area contributed by atoms with E-state index in [2.05, 4.69) is 10.6 Å². The fraction of sp³-hybridized carbons (Fsp3) is 0.429. The Morgan fingerprint density at radius 1 is 1.48 bits per heavy atom. The van der Waals surface area contributed by atoms with Crippen molar-refractivity contribution < 1.29 is 14.3 Å². The van der Waals surface area contributed by atoms with Gasteiger partial charge in [-0.25, -0.2) is 0 Å². The molecule has 2 rings (SSSR count). The van der Waals surface area contributed by atoms with Crippen molar-refractivity contribution in [1.82, 2.24) is 0 Å². The number of halogens is 1. The van der Waals surface area contributed by atoms with Gasteiger partial charge in [0.05, 0.1) is 22.4 Å². The van der Waals surface area contributed by atoms with E-state index in [9.17, 15) is 9.59 Å². The van der Waals surface area contributed by atoms with E-state index < -0.39 is 6.04 Å². The van der Waals surface area contributed by atoms with Gasteiger partial charge in [0.2, 0.25) is 5.91 Å². The summed E-state index contributed by atoms with van der Waals surface area (Å²) in [6.45, 7) is 5.57. The Bertz CT molecular complexity index is 596. The summed E-state index contributed by atoms with van der Waals surface area (Å²) in [5.41, 5.74) is 6.42. The molecule has 1 aromatic carbocycles.